The van der Waals surface area contributed by atoms with Crippen molar-refractivity contribution in [1.82, 2.24) is 4.98 Å². The first kappa shape index (κ1) is 42.2. The molecule has 1 saturated carbocycles. The van der Waals surface area contributed by atoms with Crippen LogP contribution in [-0.4, -0.2) is 93.7 Å². The minimum absolute atomic E-state index is 0.0160. The number of rotatable bonds is 14. The van der Waals surface area contributed by atoms with Gasteiger partial charge in [-0.05, 0) is 74.2 Å². The number of hydrogen-bond acceptors (Lipinski definition) is 8. The Morgan fingerprint density at radius 2 is 1.69 bits per heavy atom. The maximum atomic E-state index is 13.5. The number of methoxy groups -OCH3 is 1. The van der Waals surface area contributed by atoms with Crippen LogP contribution in [0.5, 0.6) is 0 Å². The van der Waals surface area contributed by atoms with Gasteiger partial charge in [0.25, 0.3) is 0 Å². The van der Waals surface area contributed by atoms with E-state index in [0.717, 1.165) is 5.57 Å². The van der Waals surface area contributed by atoms with Gasteiger partial charge in [-0.1, -0.05) is 73.6 Å². The third kappa shape index (κ3) is 8.11. The molecule has 2 fully saturated rings. The van der Waals surface area contributed by atoms with E-state index in [-0.39, 0.29) is 58.5 Å². The third-order valence-corrected chi connectivity index (χ3v) is 22.3. The monoisotopic (exact) mass is 747 g/mol. The van der Waals surface area contributed by atoms with Gasteiger partial charge in [-0.15, -0.1) is 0 Å². The van der Waals surface area contributed by atoms with Crippen molar-refractivity contribution in [3.05, 3.63) is 47.8 Å². The van der Waals surface area contributed by atoms with E-state index in [0.29, 0.717) is 12.1 Å². The third-order valence-electron chi connectivity index (χ3n) is 13.2. The van der Waals surface area contributed by atoms with Crippen LogP contribution in [0.25, 0.3) is 0 Å². The SMILES string of the molecule is CO[C@H](CO)C[C@H]1C=C[C@H]2[C@H]3O[C@]1(/C(C)=C/[C@@H](C)[C@H](O)[C@@H](C)O[Si](C)(C)C(C)(C)C)[C@@H]2[C@H](O[Si](C)(C)C(C)(C)C)[C@@H](C)[C@H]3OC(=O)c1ccc[nH]1. The number of aliphatic hydroxyl groups is 2. The minimum Gasteiger partial charge on any atom is -0.455 e. The van der Waals surface area contributed by atoms with Crippen LogP contribution in [0.15, 0.2) is 42.1 Å². The lowest BCUT2D eigenvalue weighted by Crippen LogP contribution is -2.60. The summed E-state index contributed by atoms with van der Waals surface area (Å²) in [5, 5.41) is 22.0. The van der Waals surface area contributed by atoms with Crippen molar-refractivity contribution in [1.29, 1.82) is 0 Å². The predicted molar refractivity (Wildman–Crippen MR) is 208 cm³/mol. The summed E-state index contributed by atoms with van der Waals surface area (Å²) in [5.74, 6) is -1.17. The summed E-state index contributed by atoms with van der Waals surface area (Å²) < 4.78 is 33.7. The maximum absolute atomic E-state index is 13.5. The Hall–Kier alpha value is -1.58. The maximum Gasteiger partial charge on any atom is 0.355 e. The molecule has 0 unspecified atom stereocenters. The molecule has 1 saturated heterocycles. The molecule has 0 spiro atoms. The first-order valence-corrected chi connectivity index (χ1v) is 24.8. The van der Waals surface area contributed by atoms with Gasteiger partial charge in [-0.2, -0.15) is 0 Å². The zero-order valence-corrected chi connectivity index (χ0v) is 36.1. The number of aromatic nitrogens is 1. The molecule has 0 radical (unpaired) electrons. The molecule has 1 aromatic heterocycles. The van der Waals surface area contributed by atoms with Crippen molar-refractivity contribution < 1.29 is 38.1 Å². The molecule has 12 atom stereocenters. The Bertz CT molecular complexity index is 1390. The van der Waals surface area contributed by atoms with Gasteiger partial charge in [0.1, 0.15) is 23.5 Å². The minimum atomic E-state index is -2.35. The molecule has 2 heterocycles. The zero-order valence-electron chi connectivity index (χ0n) is 34.1. The summed E-state index contributed by atoms with van der Waals surface area (Å²) in [6.07, 6.45) is 6.10. The lowest BCUT2D eigenvalue weighted by Gasteiger charge is -2.53. The molecule has 290 valence electrons. The highest BCUT2D eigenvalue weighted by atomic mass is 28.4. The summed E-state index contributed by atoms with van der Waals surface area (Å²) in [6, 6.07) is 3.51. The fraction of sp³-hybridized carbons (Fsp3) is 0.775. The van der Waals surface area contributed by atoms with Crippen molar-refractivity contribution >= 4 is 22.6 Å². The van der Waals surface area contributed by atoms with Gasteiger partial charge >= 0.3 is 5.97 Å². The molecule has 3 aliphatic rings. The number of carbonyl (C=O) groups is 1. The van der Waals surface area contributed by atoms with Crippen LogP contribution in [0.2, 0.25) is 36.3 Å². The first-order valence-electron chi connectivity index (χ1n) is 19.0. The lowest BCUT2D eigenvalue weighted by atomic mass is 9.57. The molecule has 2 aliphatic carbocycles. The molecule has 3 N–H and O–H groups in total. The second-order valence-corrected chi connectivity index (χ2v) is 28.2. The summed E-state index contributed by atoms with van der Waals surface area (Å²) in [7, 11) is -2.84. The molecule has 51 heavy (non-hydrogen) atoms. The van der Waals surface area contributed by atoms with Crippen molar-refractivity contribution in [2.45, 2.75) is 154 Å². The van der Waals surface area contributed by atoms with Gasteiger partial charge in [-0.25, -0.2) is 4.79 Å². The van der Waals surface area contributed by atoms with E-state index in [2.05, 4.69) is 105 Å². The number of aliphatic hydroxyl groups excluding tert-OH is 2. The highest BCUT2D eigenvalue weighted by Crippen LogP contribution is 2.62. The molecule has 4 bridgehead atoms. The van der Waals surface area contributed by atoms with Crippen LogP contribution in [0.1, 0.15) is 86.1 Å². The van der Waals surface area contributed by atoms with Crippen molar-refractivity contribution in [2.24, 2.45) is 29.6 Å². The van der Waals surface area contributed by atoms with E-state index in [1.54, 1.807) is 25.4 Å². The zero-order chi connectivity index (χ0) is 38.5. The predicted octanol–water partition coefficient (Wildman–Crippen LogP) is 7.89. The topological polar surface area (TPSA) is 119 Å². The van der Waals surface area contributed by atoms with Gasteiger partial charge in [-0.3, -0.25) is 0 Å². The lowest BCUT2D eigenvalue weighted by molar-refractivity contribution is -0.106. The van der Waals surface area contributed by atoms with Crippen molar-refractivity contribution in [3.63, 3.8) is 0 Å². The van der Waals surface area contributed by atoms with E-state index in [9.17, 15) is 15.0 Å². The summed E-state index contributed by atoms with van der Waals surface area (Å²) in [5.41, 5.74) is 0.539. The number of nitrogens with one attached hydrogen (secondary N) is 1. The normalized spacial score (nSPS) is 32.4. The number of H-pyrrole nitrogens is 1. The molecule has 9 nitrogen and oxygen atoms in total. The van der Waals surface area contributed by atoms with Crippen LogP contribution in [0.3, 0.4) is 0 Å². The van der Waals surface area contributed by atoms with Gasteiger partial charge in [0.15, 0.2) is 16.6 Å². The van der Waals surface area contributed by atoms with Crippen LogP contribution in [-0.2, 0) is 23.1 Å². The Morgan fingerprint density at radius 3 is 2.22 bits per heavy atom. The Labute approximate surface area is 310 Å². The van der Waals surface area contributed by atoms with Gasteiger partial charge < -0.3 is 38.3 Å². The van der Waals surface area contributed by atoms with Gasteiger partial charge in [0.2, 0.25) is 0 Å². The Morgan fingerprint density at radius 1 is 1.06 bits per heavy atom. The quantitative estimate of drug-likeness (QED) is 0.1000. The molecular weight excluding hydrogens is 679 g/mol. The standard InChI is InChI=1S/C40H69NO8Si2/c1-24(33(43)27(4)48-50(12,13)38(5,6)7)21-25(2)40-28(22-29(23-42)45-11)18-19-30-32(40)34(49-51(14,15)39(8,9)10)26(3)35(36(30)47-40)46-37(44)31-17-16-20-41-31/h16-21,24,26-30,32-36,41-43H,22-23H2,1-15H3/b25-21+/t24-,26-,27-,28-,29+,30-,32+,33+,34-,35-,36-,40+/m1/s1. The van der Waals surface area contributed by atoms with E-state index in [1.165, 1.54) is 0 Å². The highest BCUT2D eigenvalue weighted by Gasteiger charge is 2.70. The van der Waals surface area contributed by atoms with E-state index in [4.69, 9.17) is 23.1 Å². The molecule has 0 amide bonds. The number of esters is 1. The van der Waals surface area contributed by atoms with Crippen molar-refractivity contribution in [3.8, 4) is 0 Å². The van der Waals surface area contributed by atoms with Crippen molar-refractivity contribution in [2.75, 3.05) is 13.7 Å². The second kappa shape index (κ2) is 15.3. The van der Waals surface area contributed by atoms with Crippen LogP contribution in [0.4, 0.5) is 0 Å². The average molecular weight is 748 g/mol. The van der Waals surface area contributed by atoms with Gasteiger partial charge in [0.05, 0.1) is 31.0 Å². The van der Waals surface area contributed by atoms with E-state index >= 15 is 0 Å². The smallest absolute Gasteiger partial charge is 0.355 e. The fourth-order valence-corrected chi connectivity index (χ4v) is 10.9. The molecular formula is C40H69NO8Si2. The Kier molecular flexibility index (Phi) is 12.6. The molecule has 1 aromatic rings. The number of carbonyl (C=O) groups excluding carboxylic acids is 1. The Balaban J connectivity index is 1.84. The van der Waals surface area contributed by atoms with Gasteiger partial charge in [0, 0.05) is 42.9 Å². The summed E-state index contributed by atoms with van der Waals surface area (Å²) >= 11 is 0. The number of hydrogen-bond donors (Lipinski definition) is 3. The molecule has 4 rings (SSSR count). The fourth-order valence-electron chi connectivity index (χ4n) is 8.11. The van der Waals surface area contributed by atoms with Crippen LogP contribution < -0.4 is 0 Å². The average Bonchev–Trinajstić information content (AvgIpc) is 3.62. The highest BCUT2D eigenvalue weighted by molar-refractivity contribution is 6.74. The largest absolute Gasteiger partial charge is 0.455 e. The molecule has 0 aromatic carbocycles. The second-order valence-electron chi connectivity index (χ2n) is 18.7. The van der Waals surface area contributed by atoms with Crippen LogP contribution >= 0.6 is 0 Å². The summed E-state index contributed by atoms with van der Waals surface area (Å²) in [6.45, 7) is 30.5. The molecule has 11 heteroatoms. The number of ether oxygens (including phenoxy) is 3. The molecule has 1 aliphatic heterocycles. The number of aromatic amines is 1. The van der Waals surface area contributed by atoms with Crippen LogP contribution in [0, 0.1) is 29.6 Å². The summed E-state index contributed by atoms with van der Waals surface area (Å²) in [4.78, 5) is 16.5. The van der Waals surface area contributed by atoms with E-state index < -0.39 is 52.6 Å². The first-order chi connectivity index (χ1) is 23.4. The van der Waals surface area contributed by atoms with E-state index in [1.807, 2.05) is 13.8 Å².